The normalized spacial score (nSPS) is 18.0. The van der Waals surface area contributed by atoms with E-state index >= 15 is 0 Å². The van der Waals surface area contributed by atoms with Crippen LogP contribution in [0.15, 0.2) is 48.5 Å². The zero-order valence-corrected chi connectivity index (χ0v) is 16.5. The van der Waals surface area contributed by atoms with Gasteiger partial charge in [-0.25, -0.2) is 8.42 Å². The van der Waals surface area contributed by atoms with Gasteiger partial charge in [-0.3, -0.25) is 9.10 Å². The smallest absolute Gasteiger partial charge is 0.261 e. The number of fused-ring (bicyclic) bond motifs is 1. The highest BCUT2D eigenvalue weighted by Crippen LogP contribution is 2.33. The molecule has 6 nitrogen and oxygen atoms in total. The average Bonchev–Trinajstić information content (AvgIpc) is 2.81. The summed E-state index contributed by atoms with van der Waals surface area (Å²) in [6, 6.07) is 14.7. The predicted octanol–water partition coefficient (Wildman–Crippen LogP) is 2.79. The number of aryl methyl sites for hydroxylation is 1. The van der Waals surface area contributed by atoms with Crippen LogP contribution in [0.3, 0.4) is 0 Å². The van der Waals surface area contributed by atoms with Crippen LogP contribution in [0.25, 0.3) is 0 Å². The summed E-state index contributed by atoms with van der Waals surface area (Å²) in [7, 11) is -3.46. The van der Waals surface area contributed by atoms with Crippen LogP contribution in [0, 0.1) is 6.92 Å². The predicted molar refractivity (Wildman–Crippen MR) is 105 cm³/mol. The Morgan fingerprint density at radius 2 is 1.85 bits per heavy atom. The Balaban J connectivity index is 1.78. The number of nitrogens with zero attached hydrogens (tertiary/aromatic N) is 1. The maximum Gasteiger partial charge on any atom is 0.261 e. The lowest BCUT2D eigenvalue weighted by Gasteiger charge is -2.20. The first kappa shape index (κ1) is 19.2. The van der Waals surface area contributed by atoms with Crippen molar-refractivity contribution in [1.82, 2.24) is 5.32 Å². The van der Waals surface area contributed by atoms with Crippen molar-refractivity contribution >= 4 is 21.6 Å². The van der Waals surface area contributed by atoms with Gasteiger partial charge in [0.2, 0.25) is 10.0 Å². The molecule has 27 heavy (non-hydrogen) atoms. The van der Waals surface area contributed by atoms with Gasteiger partial charge in [0.25, 0.3) is 5.91 Å². The number of carbonyl (C=O) groups is 1. The van der Waals surface area contributed by atoms with Crippen LogP contribution >= 0.6 is 0 Å². The van der Waals surface area contributed by atoms with E-state index in [1.807, 2.05) is 38.1 Å². The maximum atomic E-state index is 12.8. The second kappa shape index (κ2) is 7.60. The third kappa shape index (κ3) is 4.42. The summed E-state index contributed by atoms with van der Waals surface area (Å²) in [5.41, 5.74) is 2.62. The van der Waals surface area contributed by atoms with Gasteiger partial charge < -0.3 is 10.1 Å². The van der Waals surface area contributed by atoms with Gasteiger partial charge in [0, 0.05) is 13.0 Å². The number of ether oxygens (including phenoxy) is 1. The molecular formula is C20H24N2O4S. The van der Waals surface area contributed by atoms with E-state index in [4.69, 9.17) is 4.74 Å². The number of para-hydroxylation sites is 2. The van der Waals surface area contributed by atoms with Gasteiger partial charge >= 0.3 is 0 Å². The zero-order chi connectivity index (χ0) is 19.6. The number of rotatable bonds is 4. The minimum atomic E-state index is -3.46. The summed E-state index contributed by atoms with van der Waals surface area (Å²) in [4.78, 5) is 12.8. The number of anilines is 1. The highest BCUT2D eigenvalue weighted by molar-refractivity contribution is 7.92. The molecule has 1 N–H and O–H groups in total. The van der Waals surface area contributed by atoms with Gasteiger partial charge in [0.1, 0.15) is 5.75 Å². The highest BCUT2D eigenvalue weighted by Gasteiger charge is 2.31. The number of hydrogen-bond acceptors (Lipinski definition) is 4. The molecule has 1 amide bonds. The van der Waals surface area contributed by atoms with Crippen LogP contribution in [0.1, 0.15) is 30.5 Å². The molecule has 2 atom stereocenters. The molecule has 1 aliphatic heterocycles. The van der Waals surface area contributed by atoms with E-state index in [0.717, 1.165) is 17.4 Å². The minimum Gasteiger partial charge on any atom is -0.478 e. The second-order valence-electron chi connectivity index (χ2n) is 6.84. The number of sulfonamides is 1. The number of nitrogens with one attached hydrogen (secondary N) is 1. The summed E-state index contributed by atoms with van der Waals surface area (Å²) in [5, 5.41) is 2.97. The molecule has 0 radical (unpaired) electrons. The average molecular weight is 388 g/mol. The highest BCUT2D eigenvalue weighted by atomic mass is 32.2. The molecule has 0 aromatic heterocycles. The monoisotopic (exact) mass is 388 g/mol. The van der Waals surface area contributed by atoms with Gasteiger partial charge in [-0.15, -0.1) is 0 Å². The standard InChI is InChI=1S/C20H24N2O4S/c1-14-8-10-16(11-9-14)15(2)21-20(23)19-12-13-22(27(3,24)25)17-6-4-5-7-18(17)26-19/h4-11,15,19H,12-13H2,1-3H3,(H,21,23)/t15-,19-/m0/s1. The third-order valence-electron chi connectivity index (χ3n) is 4.63. The molecule has 1 heterocycles. The van der Waals surface area contributed by atoms with Gasteiger partial charge in [-0.1, -0.05) is 42.0 Å². The fourth-order valence-corrected chi connectivity index (χ4v) is 4.05. The van der Waals surface area contributed by atoms with Crippen molar-refractivity contribution < 1.29 is 17.9 Å². The van der Waals surface area contributed by atoms with Gasteiger partial charge in [0.15, 0.2) is 6.10 Å². The SMILES string of the molecule is Cc1ccc([C@H](C)NC(=O)[C@@H]2CCN(S(C)(=O)=O)c3ccccc3O2)cc1. The van der Waals surface area contributed by atoms with Crippen LogP contribution in [0.5, 0.6) is 5.75 Å². The van der Waals surface area contributed by atoms with Crippen molar-refractivity contribution in [3.05, 3.63) is 59.7 Å². The van der Waals surface area contributed by atoms with E-state index in [0.29, 0.717) is 11.4 Å². The van der Waals surface area contributed by atoms with Crippen LogP contribution in [0.4, 0.5) is 5.69 Å². The number of benzene rings is 2. The molecule has 7 heteroatoms. The Kier molecular flexibility index (Phi) is 5.41. The summed E-state index contributed by atoms with van der Waals surface area (Å²) in [5.74, 6) is 0.136. The number of amides is 1. The molecular weight excluding hydrogens is 364 g/mol. The Morgan fingerprint density at radius 1 is 1.19 bits per heavy atom. The first-order chi connectivity index (χ1) is 12.8. The molecule has 0 unspecified atom stereocenters. The summed E-state index contributed by atoms with van der Waals surface area (Å²) in [6.45, 7) is 4.11. The molecule has 144 valence electrons. The Labute approximate surface area is 160 Å². The van der Waals surface area contributed by atoms with E-state index < -0.39 is 16.1 Å². The van der Waals surface area contributed by atoms with Crippen molar-refractivity contribution in [2.24, 2.45) is 0 Å². The maximum absolute atomic E-state index is 12.8. The lowest BCUT2D eigenvalue weighted by Crippen LogP contribution is -2.40. The Hall–Kier alpha value is -2.54. The topological polar surface area (TPSA) is 75.7 Å². The van der Waals surface area contributed by atoms with Crippen LogP contribution in [0.2, 0.25) is 0 Å². The lowest BCUT2D eigenvalue weighted by molar-refractivity contribution is -0.128. The minimum absolute atomic E-state index is 0.175. The summed E-state index contributed by atoms with van der Waals surface area (Å²) < 4.78 is 31.4. The summed E-state index contributed by atoms with van der Waals surface area (Å²) >= 11 is 0. The van der Waals surface area contributed by atoms with Crippen LogP contribution < -0.4 is 14.4 Å². The Bertz CT molecular complexity index is 925. The van der Waals surface area contributed by atoms with E-state index in [2.05, 4.69) is 5.32 Å². The molecule has 0 fully saturated rings. The molecule has 0 saturated carbocycles. The molecule has 0 saturated heterocycles. The van der Waals surface area contributed by atoms with Gasteiger partial charge in [-0.05, 0) is 31.5 Å². The third-order valence-corrected chi connectivity index (χ3v) is 5.81. The molecule has 2 aromatic rings. The molecule has 2 aromatic carbocycles. The molecule has 0 aliphatic carbocycles. The van der Waals surface area contributed by atoms with Crippen LogP contribution in [-0.4, -0.2) is 33.2 Å². The second-order valence-corrected chi connectivity index (χ2v) is 8.75. The number of carbonyl (C=O) groups excluding carboxylic acids is 1. The lowest BCUT2D eigenvalue weighted by atomic mass is 10.1. The zero-order valence-electron chi connectivity index (χ0n) is 15.7. The van der Waals surface area contributed by atoms with E-state index in [1.54, 1.807) is 24.3 Å². The fraction of sp³-hybridized carbons (Fsp3) is 0.350. The van der Waals surface area contributed by atoms with Gasteiger partial charge in [0.05, 0.1) is 18.0 Å². The molecule has 0 bridgehead atoms. The number of hydrogen-bond donors (Lipinski definition) is 1. The Morgan fingerprint density at radius 3 is 2.52 bits per heavy atom. The van der Waals surface area contributed by atoms with Crippen LogP contribution in [-0.2, 0) is 14.8 Å². The van der Waals surface area contributed by atoms with E-state index in [1.165, 1.54) is 4.31 Å². The molecule has 0 spiro atoms. The van der Waals surface area contributed by atoms with Crippen molar-refractivity contribution in [3.8, 4) is 5.75 Å². The van der Waals surface area contributed by atoms with Crippen molar-refractivity contribution in [2.75, 3.05) is 17.1 Å². The first-order valence-corrected chi connectivity index (χ1v) is 10.7. The van der Waals surface area contributed by atoms with Crippen molar-refractivity contribution in [1.29, 1.82) is 0 Å². The summed E-state index contributed by atoms with van der Waals surface area (Å²) in [6.07, 6.45) is 0.670. The van der Waals surface area contributed by atoms with E-state index in [-0.39, 0.29) is 24.9 Å². The van der Waals surface area contributed by atoms with Crippen molar-refractivity contribution in [3.63, 3.8) is 0 Å². The fourth-order valence-electron chi connectivity index (χ4n) is 3.10. The first-order valence-electron chi connectivity index (χ1n) is 8.86. The van der Waals surface area contributed by atoms with Gasteiger partial charge in [-0.2, -0.15) is 0 Å². The molecule has 1 aliphatic rings. The van der Waals surface area contributed by atoms with Crippen molar-refractivity contribution in [2.45, 2.75) is 32.4 Å². The van der Waals surface area contributed by atoms with E-state index in [9.17, 15) is 13.2 Å². The quantitative estimate of drug-likeness (QED) is 0.874. The largest absolute Gasteiger partial charge is 0.478 e. The molecule has 3 rings (SSSR count).